The molecule has 1 aliphatic rings. The van der Waals surface area contributed by atoms with Gasteiger partial charge in [-0.1, -0.05) is 18.2 Å². The number of rotatable bonds is 2. The maximum absolute atomic E-state index is 11.7. The lowest BCUT2D eigenvalue weighted by Gasteiger charge is -2.16. The highest BCUT2D eigenvalue weighted by Gasteiger charge is 2.26. The van der Waals surface area contributed by atoms with Gasteiger partial charge in [-0.15, -0.1) is 0 Å². The maximum Gasteiger partial charge on any atom is 0.251 e. The van der Waals surface area contributed by atoms with Gasteiger partial charge < -0.3 is 10.4 Å². The first-order chi connectivity index (χ1) is 7.27. The van der Waals surface area contributed by atoms with Crippen LogP contribution in [0.25, 0.3) is 0 Å². The minimum Gasteiger partial charge on any atom is -0.391 e. The highest BCUT2D eigenvalue weighted by molar-refractivity contribution is 5.94. The fraction of sp³-hybridized carbons (Fsp3) is 0.417. The van der Waals surface area contributed by atoms with E-state index in [9.17, 15) is 9.90 Å². The third kappa shape index (κ3) is 2.36. The lowest BCUT2D eigenvalue weighted by atomic mass is 10.1. The van der Waals surface area contributed by atoms with Crippen molar-refractivity contribution in [3.63, 3.8) is 0 Å². The lowest BCUT2D eigenvalue weighted by molar-refractivity contribution is 0.0873. The Kier molecular flexibility index (Phi) is 3.02. The molecule has 0 radical (unpaired) electrons. The molecule has 80 valence electrons. The monoisotopic (exact) mass is 205 g/mol. The van der Waals surface area contributed by atoms with Crippen molar-refractivity contribution in [3.05, 3.63) is 35.9 Å². The summed E-state index contributed by atoms with van der Waals surface area (Å²) in [4.78, 5) is 11.7. The number of benzene rings is 1. The van der Waals surface area contributed by atoms with Gasteiger partial charge in [0.2, 0.25) is 0 Å². The second kappa shape index (κ2) is 4.45. The van der Waals surface area contributed by atoms with Crippen LogP contribution in [0.5, 0.6) is 0 Å². The van der Waals surface area contributed by atoms with Crippen LogP contribution in [-0.2, 0) is 0 Å². The lowest BCUT2D eigenvalue weighted by Crippen LogP contribution is -2.39. The van der Waals surface area contributed by atoms with Crippen LogP contribution >= 0.6 is 0 Å². The highest BCUT2D eigenvalue weighted by atomic mass is 16.3. The van der Waals surface area contributed by atoms with Crippen molar-refractivity contribution >= 4 is 5.91 Å². The predicted molar refractivity (Wildman–Crippen MR) is 57.6 cm³/mol. The number of nitrogens with one attached hydrogen (secondary N) is 1. The third-order valence-electron chi connectivity index (χ3n) is 2.83. The molecular weight excluding hydrogens is 190 g/mol. The van der Waals surface area contributed by atoms with Crippen molar-refractivity contribution in [2.45, 2.75) is 31.4 Å². The molecule has 0 aliphatic heterocycles. The van der Waals surface area contributed by atoms with Gasteiger partial charge in [-0.2, -0.15) is 0 Å². The van der Waals surface area contributed by atoms with Crippen LogP contribution in [0.3, 0.4) is 0 Å². The zero-order valence-corrected chi connectivity index (χ0v) is 8.52. The molecule has 0 unspecified atom stereocenters. The van der Waals surface area contributed by atoms with Gasteiger partial charge in [0.1, 0.15) is 0 Å². The van der Waals surface area contributed by atoms with E-state index in [1.54, 1.807) is 12.1 Å². The van der Waals surface area contributed by atoms with Crippen molar-refractivity contribution in [2.24, 2.45) is 0 Å². The van der Waals surface area contributed by atoms with E-state index < -0.39 is 0 Å². The number of hydrogen-bond acceptors (Lipinski definition) is 2. The minimum absolute atomic E-state index is 0.0716. The van der Waals surface area contributed by atoms with E-state index in [0.717, 1.165) is 19.3 Å². The summed E-state index contributed by atoms with van der Waals surface area (Å²) in [5, 5.41) is 12.4. The van der Waals surface area contributed by atoms with Gasteiger partial charge in [-0.25, -0.2) is 0 Å². The van der Waals surface area contributed by atoms with E-state index in [1.807, 2.05) is 18.2 Å². The Labute approximate surface area is 89.1 Å². The Balaban J connectivity index is 1.98. The van der Waals surface area contributed by atoms with E-state index >= 15 is 0 Å². The zero-order chi connectivity index (χ0) is 10.7. The van der Waals surface area contributed by atoms with Gasteiger partial charge in [0.05, 0.1) is 12.1 Å². The van der Waals surface area contributed by atoms with E-state index in [2.05, 4.69) is 5.32 Å². The van der Waals surface area contributed by atoms with Crippen LogP contribution in [0, 0.1) is 0 Å². The molecule has 3 heteroatoms. The molecule has 1 fully saturated rings. The van der Waals surface area contributed by atoms with Crippen molar-refractivity contribution in [1.82, 2.24) is 5.32 Å². The van der Waals surface area contributed by atoms with E-state index in [-0.39, 0.29) is 18.1 Å². The van der Waals surface area contributed by atoms with Crippen molar-refractivity contribution in [1.29, 1.82) is 0 Å². The summed E-state index contributed by atoms with van der Waals surface area (Å²) in [5.74, 6) is -0.0958. The molecule has 0 saturated heterocycles. The summed E-state index contributed by atoms with van der Waals surface area (Å²) >= 11 is 0. The smallest absolute Gasteiger partial charge is 0.251 e. The Morgan fingerprint density at radius 3 is 2.60 bits per heavy atom. The largest absolute Gasteiger partial charge is 0.391 e. The molecule has 2 atom stereocenters. The third-order valence-corrected chi connectivity index (χ3v) is 2.83. The second-order valence-electron chi connectivity index (χ2n) is 3.94. The zero-order valence-electron chi connectivity index (χ0n) is 8.52. The van der Waals surface area contributed by atoms with Gasteiger partial charge >= 0.3 is 0 Å². The number of carbonyl (C=O) groups excluding carboxylic acids is 1. The summed E-state index contributed by atoms with van der Waals surface area (Å²) < 4.78 is 0. The molecule has 1 amide bonds. The topological polar surface area (TPSA) is 49.3 Å². The molecule has 15 heavy (non-hydrogen) atoms. The summed E-state index contributed by atoms with van der Waals surface area (Å²) in [6.07, 6.45) is 2.28. The summed E-state index contributed by atoms with van der Waals surface area (Å²) in [7, 11) is 0. The molecule has 1 saturated carbocycles. The van der Waals surface area contributed by atoms with E-state index in [4.69, 9.17) is 0 Å². The average molecular weight is 205 g/mol. The Morgan fingerprint density at radius 2 is 2.00 bits per heavy atom. The number of amides is 1. The summed E-state index contributed by atoms with van der Waals surface area (Å²) in [6, 6.07) is 9.02. The standard InChI is InChI=1S/C12H15NO2/c14-11-8-4-7-10(11)13-12(15)9-5-2-1-3-6-9/h1-3,5-6,10-11,14H,4,7-8H2,(H,13,15)/t10-,11-/m0/s1. The first-order valence-corrected chi connectivity index (χ1v) is 5.31. The predicted octanol–water partition coefficient (Wildman–Crippen LogP) is 1.33. The van der Waals surface area contributed by atoms with Crippen LogP contribution in [-0.4, -0.2) is 23.2 Å². The second-order valence-corrected chi connectivity index (χ2v) is 3.94. The molecule has 1 aromatic carbocycles. The van der Waals surface area contributed by atoms with Crippen LogP contribution in [0.1, 0.15) is 29.6 Å². The molecular formula is C12H15NO2. The summed E-state index contributed by atoms with van der Waals surface area (Å²) in [5.41, 5.74) is 0.650. The SMILES string of the molecule is O=C(N[C@H]1CCC[C@@H]1O)c1ccccc1. The Morgan fingerprint density at radius 1 is 1.27 bits per heavy atom. The maximum atomic E-state index is 11.7. The van der Waals surface area contributed by atoms with Gasteiger partial charge in [0, 0.05) is 5.56 Å². The van der Waals surface area contributed by atoms with Crippen LogP contribution < -0.4 is 5.32 Å². The molecule has 1 aliphatic carbocycles. The van der Waals surface area contributed by atoms with Crippen molar-refractivity contribution < 1.29 is 9.90 Å². The van der Waals surface area contributed by atoms with E-state index in [0.29, 0.717) is 5.56 Å². The molecule has 0 bridgehead atoms. The normalized spacial score (nSPS) is 25.1. The van der Waals surface area contributed by atoms with Gasteiger partial charge in [0.25, 0.3) is 5.91 Å². The van der Waals surface area contributed by atoms with Gasteiger partial charge in [0.15, 0.2) is 0 Å². The van der Waals surface area contributed by atoms with Crippen molar-refractivity contribution in [3.8, 4) is 0 Å². The van der Waals surface area contributed by atoms with E-state index in [1.165, 1.54) is 0 Å². The first kappa shape index (κ1) is 10.2. The van der Waals surface area contributed by atoms with Gasteiger partial charge in [-0.3, -0.25) is 4.79 Å². The fourth-order valence-electron chi connectivity index (χ4n) is 1.95. The molecule has 0 spiro atoms. The van der Waals surface area contributed by atoms with Crippen LogP contribution in [0.2, 0.25) is 0 Å². The molecule has 0 heterocycles. The summed E-state index contributed by atoms with van der Waals surface area (Å²) in [6.45, 7) is 0. The number of hydrogen-bond donors (Lipinski definition) is 2. The fourth-order valence-corrected chi connectivity index (χ4v) is 1.95. The molecule has 1 aromatic rings. The van der Waals surface area contributed by atoms with Crippen molar-refractivity contribution in [2.75, 3.05) is 0 Å². The highest BCUT2D eigenvalue weighted by Crippen LogP contribution is 2.19. The first-order valence-electron chi connectivity index (χ1n) is 5.31. The average Bonchev–Trinajstić information content (AvgIpc) is 2.66. The molecule has 2 N–H and O–H groups in total. The van der Waals surface area contributed by atoms with Crippen LogP contribution in [0.4, 0.5) is 0 Å². The Hall–Kier alpha value is -1.35. The van der Waals surface area contributed by atoms with Gasteiger partial charge in [-0.05, 0) is 31.4 Å². The van der Waals surface area contributed by atoms with Crippen LogP contribution in [0.15, 0.2) is 30.3 Å². The number of carbonyl (C=O) groups is 1. The minimum atomic E-state index is -0.377. The molecule has 3 nitrogen and oxygen atoms in total. The number of aliphatic hydroxyl groups is 1. The Bertz CT molecular complexity index is 337. The number of aliphatic hydroxyl groups excluding tert-OH is 1. The molecule has 2 rings (SSSR count). The molecule has 0 aromatic heterocycles. The quantitative estimate of drug-likeness (QED) is 0.765.